The summed E-state index contributed by atoms with van der Waals surface area (Å²) in [5, 5.41) is 5.57. The fraction of sp³-hybridized carbons (Fsp3) is 0.300. The van der Waals surface area contributed by atoms with Crippen molar-refractivity contribution in [2.75, 3.05) is 11.9 Å². The van der Waals surface area contributed by atoms with Crippen molar-refractivity contribution in [3.8, 4) is 11.4 Å². The van der Waals surface area contributed by atoms with Crippen LogP contribution in [0.3, 0.4) is 0 Å². The number of rotatable bonds is 5. The van der Waals surface area contributed by atoms with E-state index < -0.39 is 0 Å². The van der Waals surface area contributed by atoms with Crippen molar-refractivity contribution >= 4 is 53.2 Å². The first-order chi connectivity index (χ1) is 8.69. The third kappa shape index (κ3) is 4.87. The summed E-state index contributed by atoms with van der Waals surface area (Å²) in [6.45, 7) is 2.97. The Morgan fingerprint density at radius 1 is 1.45 bits per heavy atom. The van der Waals surface area contributed by atoms with Crippen LogP contribution in [0.25, 0.3) is 11.4 Å². The van der Waals surface area contributed by atoms with Crippen molar-refractivity contribution in [1.29, 1.82) is 0 Å². The van der Waals surface area contributed by atoms with Crippen LogP contribution >= 0.6 is 36.2 Å². The molecule has 0 atom stereocenters. The van der Waals surface area contributed by atoms with Gasteiger partial charge in [0.1, 0.15) is 5.69 Å². The summed E-state index contributed by atoms with van der Waals surface area (Å²) in [4.78, 5) is 15.5. The summed E-state index contributed by atoms with van der Waals surface area (Å²) < 4.78 is 0. The van der Waals surface area contributed by atoms with Crippen molar-refractivity contribution in [3.05, 3.63) is 11.6 Å². The number of guanidine groups is 1. The van der Waals surface area contributed by atoms with Gasteiger partial charge in [0, 0.05) is 11.9 Å². The van der Waals surface area contributed by atoms with Crippen molar-refractivity contribution < 1.29 is 0 Å². The SMILES string of the molecule is CCCNc1ncc(-c2csc(N=C(N)N)n2)[nH]1.Cl.Cl. The standard InChI is InChI=1S/C10H15N7S.2ClH/c1-2-3-13-9-14-4-6(15-9)7-5-18-10(16-7)17-8(11)12;;/h4-5H,2-3H2,1H3,(H2,13,14,15)(H4,11,12,16,17);2*1H. The van der Waals surface area contributed by atoms with Gasteiger partial charge < -0.3 is 21.8 Å². The summed E-state index contributed by atoms with van der Waals surface area (Å²) >= 11 is 1.37. The Balaban J connectivity index is 0.00000180. The van der Waals surface area contributed by atoms with E-state index in [-0.39, 0.29) is 30.8 Å². The van der Waals surface area contributed by atoms with Crippen LogP contribution in [0.2, 0.25) is 0 Å². The molecule has 0 spiro atoms. The number of halogens is 2. The Kier molecular flexibility index (Phi) is 7.97. The van der Waals surface area contributed by atoms with E-state index in [1.165, 1.54) is 11.3 Å². The molecule has 0 aromatic carbocycles. The molecule has 0 aliphatic rings. The molecule has 0 radical (unpaired) electrons. The predicted octanol–water partition coefficient (Wildman–Crippen LogP) is 2.10. The largest absolute Gasteiger partial charge is 0.370 e. The number of H-pyrrole nitrogens is 1. The third-order valence-corrected chi connectivity index (χ3v) is 2.85. The maximum absolute atomic E-state index is 5.30. The second kappa shape index (κ2) is 8.62. The second-order valence-corrected chi connectivity index (χ2v) is 4.46. The van der Waals surface area contributed by atoms with Gasteiger partial charge in [-0.05, 0) is 6.42 Å². The van der Waals surface area contributed by atoms with Crippen molar-refractivity contribution in [2.24, 2.45) is 16.5 Å². The van der Waals surface area contributed by atoms with E-state index in [4.69, 9.17) is 11.5 Å². The van der Waals surface area contributed by atoms with Crippen molar-refractivity contribution in [1.82, 2.24) is 15.0 Å². The van der Waals surface area contributed by atoms with Crippen LogP contribution in [0.5, 0.6) is 0 Å². The molecular formula is C10H17Cl2N7S. The Bertz CT molecular complexity index is 547. The van der Waals surface area contributed by atoms with Gasteiger partial charge in [-0.2, -0.15) is 4.99 Å². The van der Waals surface area contributed by atoms with Crippen molar-refractivity contribution in [2.45, 2.75) is 13.3 Å². The molecule has 2 heterocycles. The zero-order valence-corrected chi connectivity index (χ0v) is 13.2. The molecule has 2 aromatic rings. The number of nitrogens with zero attached hydrogens (tertiary/aromatic N) is 3. The first-order valence-corrected chi connectivity index (χ1v) is 6.41. The van der Waals surface area contributed by atoms with E-state index in [1.807, 2.05) is 5.38 Å². The lowest BCUT2D eigenvalue weighted by molar-refractivity contribution is 0.962. The lowest BCUT2D eigenvalue weighted by atomic mass is 10.4. The quantitative estimate of drug-likeness (QED) is 0.492. The number of aromatic amines is 1. The van der Waals surface area contributed by atoms with Gasteiger partial charge in [-0.15, -0.1) is 36.2 Å². The predicted molar refractivity (Wildman–Crippen MR) is 88.4 cm³/mol. The Hall–Kier alpha value is -1.51. The zero-order valence-electron chi connectivity index (χ0n) is 10.8. The lowest BCUT2D eigenvalue weighted by Crippen LogP contribution is -2.21. The molecule has 0 unspecified atom stereocenters. The monoisotopic (exact) mass is 337 g/mol. The highest BCUT2D eigenvalue weighted by Gasteiger charge is 2.07. The van der Waals surface area contributed by atoms with Gasteiger partial charge in [-0.3, -0.25) is 0 Å². The first-order valence-electron chi connectivity index (χ1n) is 5.53. The van der Waals surface area contributed by atoms with Crippen LogP contribution < -0.4 is 16.8 Å². The Labute approximate surface area is 133 Å². The number of anilines is 1. The number of hydrogen-bond donors (Lipinski definition) is 4. The molecule has 20 heavy (non-hydrogen) atoms. The van der Waals surface area contributed by atoms with Crippen LogP contribution in [0.4, 0.5) is 11.1 Å². The van der Waals surface area contributed by atoms with Gasteiger partial charge in [-0.25, -0.2) is 9.97 Å². The molecule has 2 aromatic heterocycles. The molecule has 0 fully saturated rings. The molecular weight excluding hydrogens is 321 g/mol. The molecule has 10 heteroatoms. The van der Waals surface area contributed by atoms with Gasteiger partial charge in [0.05, 0.1) is 11.9 Å². The van der Waals surface area contributed by atoms with Crippen LogP contribution in [-0.4, -0.2) is 27.5 Å². The lowest BCUT2D eigenvalue weighted by Gasteiger charge is -1.97. The van der Waals surface area contributed by atoms with E-state index in [9.17, 15) is 0 Å². The van der Waals surface area contributed by atoms with Crippen LogP contribution in [0.1, 0.15) is 13.3 Å². The number of nitrogens with two attached hydrogens (primary N) is 2. The number of imidazole rings is 1. The number of aliphatic imine (C=N–C) groups is 1. The maximum atomic E-state index is 5.30. The van der Waals surface area contributed by atoms with Gasteiger partial charge in [0.15, 0.2) is 5.96 Å². The van der Waals surface area contributed by atoms with Crippen molar-refractivity contribution in [3.63, 3.8) is 0 Å². The minimum Gasteiger partial charge on any atom is -0.370 e. The molecule has 0 saturated heterocycles. The fourth-order valence-corrected chi connectivity index (χ4v) is 2.04. The summed E-state index contributed by atoms with van der Waals surface area (Å²) in [6, 6.07) is 0. The molecule has 0 aliphatic heterocycles. The van der Waals surface area contributed by atoms with Gasteiger partial charge in [0.25, 0.3) is 0 Å². The van der Waals surface area contributed by atoms with Crippen LogP contribution in [-0.2, 0) is 0 Å². The molecule has 0 amide bonds. The fourth-order valence-electron chi connectivity index (χ4n) is 1.33. The van der Waals surface area contributed by atoms with Crippen LogP contribution in [0.15, 0.2) is 16.6 Å². The summed E-state index contributed by atoms with van der Waals surface area (Å²) in [7, 11) is 0. The third-order valence-electron chi connectivity index (χ3n) is 2.11. The van der Waals surface area contributed by atoms with E-state index in [0.717, 1.165) is 30.3 Å². The average molecular weight is 338 g/mol. The van der Waals surface area contributed by atoms with Gasteiger partial charge in [0.2, 0.25) is 11.1 Å². The smallest absolute Gasteiger partial charge is 0.212 e. The van der Waals surface area contributed by atoms with E-state index in [1.54, 1.807) is 6.20 Å². The molecule has 112 valence electrons. The molecule has 7 nitrogen and oxygen atoms in total. The Morgan fingerprint density at radius 2 is 2.20 bits per heavy atom. The minimum atomic E-state index is 0. The minimum absolute atomic E-state index is 0. The summed E-state index contributed by atoms with van der Waals surface area (Å²) in [5.74, 6) is 0.744. The number of thiazole rings is 1. The normalized spacial score (nSPS) is 9.25. The highest BCUT2D eigenvalue weighted by Crippen LogP contribution is 2.25. The molecule has 2 rings (SSSR count). The first kappa shape index (κ1) is 18.5. The average Bonchev–Trinajstić information content (AvgIpc) is 2.94. The molecule has 0 saturated carbocycles. The number of aromatic nitrogens is 3. The number of nitrogens with one attached hydrogen (secondary N) is 2. The highest BCUT2D eigenvalue weighted by atomic mass is 35.5. The molecule has 6 N–H and O–H groups in total. The summed E-state index contributed by atoms with van der Waals surface area (Å²) in [6.07, 6.45) is 2.77. The van der Waals surface area contributed by atoms with E-state index >= 15 is 0 Å². The van der Waals surface area contributed by atoms with E-state index in [0.29, 0.717) is 5.13 Å². The Morgan fingerprint density at radius 3 is 2.85 bits per heavy atom. The van der Waals surface area contributed by atoms with Crippen LogP contribution in [0, 0.1) is 0 Å². The highest BCUT2D eigenvalue weighted by molar-refractivity contribution is 7.13. The molecule has 0 aliphatic carbocycles. The summed E-state index contributed by atoms with van der Waals surface area (Å²) in [5.41, 5.74) is 12.2. The van der Waals surface area contributed by atoms with E-state index in [2.05, 4.69) is 32.2 Å². The number of hydrogen-bond acceptors (Lipinski definition) is 5. The molecule has 0 bridgehead atoms. The second-order valence-electron chi connectivity index (χ2n) is 3.62. The zero-order chi connectivity index (χ0) is 13.0. The van der Waals surface area contributed by atoms with Gasteiger partial charge >= 0.3 is 0 Å². The maximum Gasteiger partial charge on any atom is 0.212 e. The van der Waals surface area contributed by atoms with Gasteiger partial charge in [-0.1, -0.05) is 6.92 Å². The topological polar surface area (TPSA) is 118 Å².